The van der Waals surface area contributed by atoms with Crippen molar-refractivity contribution >= 4 is 28.5 Å². The summed E-state index contributed by atoms with van der Waals surface area (Å²) in [5.41, 5.74) is 2.17. The first-order valence-corrected chi connectivity index (χ1v) is 7.70. The quantitative estimate of drug-likeness (QED) is 0.693. The van der Waals surface area contributed by atoms with E-state index in [9.17, 15) is 14.0 Å². The minimum atomic E-state index is -0.350. The smallest absolute Gasteiger partial charge is 0.265 e. The van der Waals surface area contributed by atoms with Gasteiger partial charge in [-0.1, -0.05) is 11.3 Å². The molecule has 0 spiro atoms. The summed E-state index contributed by atoms with van der Waals surface area (Å²) < 4.78 is 14.7. The van der Waals surface area contributed by atoms with Crippen LogP contribution in [0.15, 0.2) is 24.3 Å². The molecule has 0 unspecified atom stereocenters. The van der Waals surface area contributed by atoms with Crippen molar-refractivity contribution in [2.24, 2.45) is 0 Å². The molecule has 23 heavy (non-hydrogen) atoms. The maximum absolute atomic E-state index is 13.1. The highest BCUT2D eigenvalue weighted by molar-refractivity contribution is 7.19. The van der Waals surface area contributed by atoms with Gasteiger partial charge in [-0.05, 0) is 31.2 Å². The number of aromatic nitrogens is 2. The minimum Gasteiger partial charge on any atom is -0.344 e. The molecule has 0 aliphatic rings. The molecular weight excluding hydrogens is 317 g/mol. The lowest BCUT2D eigenvalue weighted by molar-refractivity contribution is 0.0831. The number of imidazole rings is 1. The van der Waals surface area contributed by atoms with Gasteiger partial charge >= 0.3 is 0 Å². The number of hydrogen-bond donors (Lipinski definition) is 0. The molecule has 5 nitrogen and oxygen atoms in total. The summed E-state index contributed by atoms with van der Waals surface area (Å²) in [6.45, 7) is 1.78. The Balaban J connectivity index is 2.22. The summed E-state index contributed by atoms with van der Waals surface area (Å²) in [5, 5.41) is 0. The van der Waals surface area contributed by atoms with E-state index in [4.69, 9.17) is 0 Å². The zero-order valence-corrected chi connectivity index (χ0v) is 13.6. The molecule has 0 N–H and O–H groups in total. The predicted molar refractivity (Wildman–Crippen MR) is 86.6 cm³/mol. The molecule has 0 fully saturated rings. The second-order valence-electron chi connectivity index (χ2n) is 5.30. The minimum absolute atomic E-state index is 0.127. The number of thiazole rings is 1. The third kappa shape index (κ3) is 2.43. The third-order valence-corrected chi connectivity index (χ3v) is 4.70. The molecule has 0 atom stereocenters. The van der Waals surface area contributed by atoms with Gasteiger partial charge in [0.2, 0.25) is 0 Å². The Hall–Kier alpha value is -2.54. The molecule has 7 heteroatoms. The van der Waals surface area contributed by atoms with Crippen molar-refractivity contribution in [2.45, 2.75) is 6.92 Å². The van der Waals surface area contributed by atoms with Gasteiger partial charge in [0.15, 0.2) is 11.2 Å². The lowest BCUT2D eigenvalue weighted by atomic mass is 10.1. The maximum Gasteiger partial charge on any atom is 0.265 e. The summed E-state index contributed by atoms with van der Waals surface area (Å²) in [6, 6.07) is 5.81. The molecule has 118 valence electrons. The van der Waals surface area contributed by atoms with E-state index < -0.39 is 0 Å². The highest BCUT2D eigenvalue weighted by Gasteiger charge is 2.23. The van der Waals surface area contributed by atoms with Crippen molar-refractivity contribution in [3.8, 4) is 11.3 Å². The van der Waals surface area contributed by atoms with E-state index >= 15 is 0 Å². The van der Waals surface area contributed by atoms with Crippen LogP contribution in [0.4, 0.5) is 4.39 Å². The number of amides is 1. The molecule has 1 amide bonds. The van der Waals surface area contributed by atoms with Crippen LogP contribution in [0.5, 0.6) is 0 Å². The fourth-order valence-corrected chi connectivity index (χ4v) is 3.56. The highest BCUT2D eigenvalue weighted by Crippen LogP contribution is 2.30. The van der Waals surface area contributed by atoms with Crippen LogP contribution in [-0.4, -0.2) is 40.6 Å². The molecule has 0 saturated heterocycles. The fourth-order valence-electron chi connectivity index (χ4n) is 2.40. The second kappa shape index (κ2) is 5.58. The van der Waals surface area contributed by atoms with Gasteiger partial charge in [-0.15, -0.1) is 0 Å². The Morgan fingerprint density at radius 2 is 1.96 bits per heavy atom. The van der Waals surface area contributed by atoms with Gasteiger partial charge < -0.3 is 4.90 Å². The van der Waals surface area contributed by atoms with Gasteiger partial charge in [0, 0.05) is 25.4 Å². The van der Waals surface area contributed by atoms with Gasteiger partial charge in [-0.25, -0.2) is 9.37 Å². The Morgan fingerprint density at radius 1 is 1.30 bits per heavy atom. The van der Waals surface area contributed by atoms with Crippen LogP contribution in [0.2, 0.25) is 0 Å². The number of benzene rings is 1. The zero-order valence-electron chi connectivity index (χ0n) is 12.8. The lowest BCUT2D eigenvalue weighted by Gasteiger charge is -2.08. The molecule has 0 aliphatic carbocycles. The number of aryl methyl sites for hydroxylation is 1. The van der Waals surface area contributed by atoms with Crippen LogP contribution in [0.25, 0.3) is 16.2 Å². The highest BCUT2D eigenvalue weighted by atomic mass is 32.1. The summed E-state index contributed by atoms with van der Waals surface area (Å²) in [5.74, 6) is -0.476. The molecule has 0 aliphatic heterocycles. The number of fused-ring (bicyclic) bond motifs is 1. The molecule has 0 saturated carbocycles. The van der Waals surface area contributed by atoms with Crippen LogP contribution in [-0.2, 0) is 0 Å². The predicted octanol–water partition coefficient (Wildman–Crippen LogP) is 3.02. The van der Waals surface area contributed by atoms with E-state index in [0.717, 1.165) is 0 Å². The first-order chi connectivity index (χ1) is 10.9. The molecule has 3 aromatic rings. The van der Waals surface area contributed by atoms with Crippen LogP contribution >= 0.6 is 11.3 Å². The van der Waals surface area contributed by atoms with Crippen molar-refractivity contribution in [3.05, 3.63) is 46.3 Å². The van der Waals surface area contributed by atoms with Crippen molar-refractivity contribution in [2.75, 3.05) is 14.1 Å². The Morgan fingerprint density at radius 3 is 2.52 bits per heavy atom. The first kappa shape index (κ1) is 15.4. The molecule has 3 rings (SSSR count). The van der Waals surface area contributed by atoms with E-state index in [1.165, 1.54) is 28.4 Å². The standard InChI is InChI=1S/C16H14FN3O2S/c1-9-14(15(22)19(2)3)23-16-18-13(12(8-21)20(9)16)10-4-6-11(17)7-5-10/h4-8H,1-3H3. The van der Waals surface area contributed by atoms with Gasteiger partial charge in [0.05, 0.1) is 0 Å². The largest absolute Gasteiger partial charge is 0.344 e. The van der Waals surface area contributed by atoms with Crippen LogP contribution in [0.1, 0.15) is 25.9 Å². The van der Waals surface area contributed by atoms with Crippen LogP contribution < -0.4 is 0 Å². The van der Waals surface area contributed by atoms with Gasteiger partial charge in [-0.3, -0.25) is 14.0 Å². The number of hydrogen-bond acceptors (Lipinski definition) is 4. The van der Waals surface area contributed by atoms with Crippen LogP contribution in [0, 0.1) is 12.7 Å². The van der Waals surface area contributed by atoms with Crippen LogP contribution in [0.3, 0.4) is 0 Å². The monoisotopic (exact) mass is 331 g/mol. The molecule has 0 radical (unpaired) electrons. The summed E-state index contributed by atoms with van der Waals surface area (Å²) >= 11 is 1.24. The number of aldehydes is 1. The molecule has 1 aromatic carbocycles. The van der Waals surface area contributed by atoms with E-state index in [-0.39, 0.29) is 11.7 Å². The Bertz CT molecular complexity index is 910. The van der Waals surface area contributed by atoms with Crippen molar-refractivity contribution in [1.82, 2.24) is 14.3 Å². The second-order valence-corrected chi connectivity index (χ2v) is 6.28. The van der Waals surface area contributed by atoms with Gasteiger partial charge in [0.25, 0.3) is 5.91 Å². The topological polar surface area (TPSA) is 54.7 Å². The summed E-state index contributed by atoms with van der Waals surface area (Å²) in [7, 11) is 3.35. The average molecular weight is 331 g/mol. The SMILES string of the molecule is Cc1c(C(=O)N(C)C)sc2nc(-c3ccc(F)cc3)c(C=O)n12. The third-order valence-electron chi connectivity index (χ3n) is 3.57. The molecular formula is C16H14FN3O2S. The first-order valence-electron chi connectivity index (χ1n) is 6.88. The fraction of sp³-hybridized carbons (Fsp3) is 0.188. The molecule has 0 bridgehead atoms. The van der Waals surface area contributed by atoms with E-state index in [1.54, 1.807) is 37.6 Å². The van der Waals surface area contributed by atoms with Crippen molar-refractivity contribution < 1.29 is 14.0 Å². The maximum atomic E-state index is 13.1. The van der Waals surface area contributed by atoms with Crippen molar-refractivity contribution in [1.29, 1.82) is 0 Å². The number of halogens is 1. The number of nitrogens with zero attached hydrogens (tertiary/aromatic N) is 3. The van der Waals surface area contributed by atoms with Gasteiger partial charge in [-0.2, -0.15) is 0 Å². The molecule has 2 heterocycles. The Labute approximate surface area is 136 Å². The Kier molecular flexibility index (Phi) is 3.73. The zero-order chi connectivity index (χ0) is 16.7. The summed E-state index contributed by atoms with van der Waals surface area (Å²) in [6.07, 6.45) is 0.711. The van der Waals surface area contributed by atoms with Crippen molar-refractivity contribution in [3.63, 3.8) is 0 Å². The summed E-state index contributed by atoms with van der Waals surface area (Å²) in [4.78, 5) is 30.8. The van der Waals surface area contributed by atoms with E-state index in [1.807, 2.05) is 0 Å². The average Bonchev–Trinajstić information content (AvgIpc) is 3.04. The van der Waals surface area contributed by atoms with Gasteiger partial charge in [0.1, 0.15) is 22.1 Å². The van der Waals surface area contributed by atoms with E-state index in [2.05, 4.69) is 4.98 Å². The number of carbonyl (C=O) groups is 2. The number of carbonyl (C=O) groups excluding carboxylic acids is 2. The molecule has 2 aromatic heterocycles. The lowest BCUT2D eigenvalue weighted by Crippen LogP contribution is -2.21. The number of rotatable bonds is 3. The normalized spacial score (nSPS) is 11.0. The van der Waals surface area contributed by atoms with E-state index in [0.29, 0.717) is 38.8 Å².